The fraction of sp³-hybridized carbons (Fsp3) is 0. The molecule has 0 unspecified atom stereocenters. The summed E-state index contributed by atoms with van der Waals surface area (Å²) in [4.78, 5) is 22.6. The van der Waals surface area contributed by atoms with Crippen LogP contribution in [0.25, 0.3) is 77.3 Å². The molecule has 8 aromatic rings. The lowest BCUT2D eigenvalue weighted by atomic mass is 9.97. The monoisotopic (exact) mass is 511 g/mol. The summed E-state index contributed by atoms with van der Waals surface area (Å²) in [6.45, 7) is 0. The molecule has 0 aliphatic carbocycles. The number of hydrogen-bond acceptors (Lipinski definition) is 5. The van der Waals surface area contributed by atoms with E-state index in [0.717, 1.165) is 22.5 Å². The average Bonchev–Trinajstić information content (AvgIpc) is 3.04. The van der Waals surface area contributed by atoms with E-state index in [2.05, 4.69) is 130 Å². The Morgan fingerprint density at radius 1 is 0.375 bits per heavy atom. The minimum Gasteiger partial charge on any atom is -0.225 e. The molecule has 2 heterocycles. The fourth-order valence-corrected chi connectivity index (χ4v) is 5.52. The number of rotatable bonds is 3. The molecule has 6 aromatic carbocycles. The molecule has 0 aliphatic heterocycles. The molecule has 0 saturated heterocycles. The number of fused-ring (bicyclic) bond motifs is 6. The van der Waals surface area contributed by atoms with E-state index >= 15 is 0 Å². The van der Waals surface area contributed by atoms with Crippen LogP contribution in [-0.2, 0) is 0 Å². The van der Waals surface area contributed by atoms with Gasteiger partial charge in [-0.05, 0) is 61.3 Å². The summed E-state index contributed by atoms with van der Waals surface area (Å²) in [5.41, 5.74) is 3.64. The SMILES string of the molecule is c1ccc2c(c1)ccc1ccc(-c3cc(-c4ccc5ccc6ccccc6c5c4)nc(-c4ncncn4)n3)cc12. The molecular formula is C35H21N5. The van der Waals surface area contributed by atoms with E-state index in [4.69, 9.17) is 9.97 Å². The zero-order chi connectivity index (χ0) is 26.5. The molecule has 40 heavy (non-hydrogen) atoms. The van der Waals surface area contributed by atoms with Gasteiger partial charge in [-0.2, -0.15) is 0 Å². The van der Waals surface area contributed by atoms with Crippen molar-refractivity contribution in [2.45, 2.75) is 0 Å². The predicted molar refractivity (Wildman–Crippen MR) is 162 cm³/mol. The van der Waals surface area contributed by atoms with Crippen LogP contribution < -0.4 is 0 Å². The molecule has 5 nitrogen and oxygen atoms in total. The van der Waals surface area contributed by atoms with E-state index in [0.29, 0.717) is 11.6 Å². The zero-order valence-corrected chi connectivity index (χ0v) is 21.4. The summed E-state index contributed by atoms with van der Waals surface area (Å²) >= 11 is 0. The summed E-state index contributed by atoms with van der Waals surface area (Å²) < 4.78 is 0. The van der Waals surface area contributed by atoms with Gasteiger partial charge in [-0.15, -0.1) is 0 Å². The van der Waals surface area contributed by atoms with Crippen molar-refractivity contribution in [1.29, 1.82) is 0 Å². The summed E-state index contributed by atoms with van der Waals surface area (Å²) in [7, 11) is 0. The molecule has 5 heteroatoms. The van der Waals surface area contributed by atoms with Crippen LogP contribution in [0, 0.1) is 0 Å². The zero-order valence-electron chi connectivity index (χ0n) is 21.4. The third-order valence-electron chi connectivity index (χ3n) is 7.50. The summed E-state index contributed by atoms with van der Waals surface area (Å²) in [5.74, 6) is 0.904. The van der Waals surface area contributed by atoms with Crippen molar-refractivity contribution in [2.75, 3.05) is 0 Å². The topological polar surface area (TPSA) is 64.5 Å². The van der Waals surface area contributed by atoms with E-state index < -0.39 is 0 Å². The maximum absolute atomic E-state index is 4.93. The van der Waals surface area contributed by atoms with Gasteiger partial charge in [0.1, 0.15) is 12.7 Å². The van der Waals surface area contributed by atoms with Crippen LogP contribution in [0.3, 0.4) is 0 Å². The molecule has 0 saturated carbocycles. The van der Waals surface area contributed by atoms with Crippen LogP contribution in [-0.4, -0.2) is 24.9 Å². The third-order valence-corrected chi connectivity index (χ3v) is 7.50. The second-order valence-corrected chi connectivity index (χ2v) is 9.87. The molecule has 0 N–H and O–H groups in total. The Morgan fingerprint density at radius 3 is 1.35 bits per heavy atom. The lowest BCUT2D eigenvalue weighted by Crippen LogP contribution is -1.99. The molecule has 8 rings (SSSR count). The van der Waals surface area contributed by atoms with Crippen LogP contribution in [0.15, 0.2) is 128 Å². The number of benzene rings is 6. The van der Waals surface area contributed by atoms with Crippen molar-refractivity contribution in [1.82, 2.24) is 24.9 Å². The van der Waals surface area contributed by atoms with Gasteiger partial charge in [0.25, 0.3) is 0 Å². The summed E-state index contributed by atoms with van der Waals surface area (Å²) in [6, 6.07) is 40.7. The van der Waals surface area contributed by atoms with Crippen molar-refractivity contribution in [3.63, 3.8) is 0 Å². The number of hydrogen-bond donors (Lipinski definition) is 0. The molecule has 0 atom stereocenters. The highest BCUT2D eigenvalue weighted by molar-refractivity contribution is 6.09. The van der Waals surface area contributed by atoms with Crippen molar-refractivity contribution < 1.29 is 0 Å². The highest BCUT2D eigenvalue weighted by atomic mass is 15.0. The lowest BCUT2D eigenvalue weighted by Gasteiger charge is -2.11. The second-order valence-electron chi connectivity index (χ2n) is 9.87. The Labute approximate surface area is 229 Å². The van der Waals surface area contributed by atoms with Crippen molar-refractivity contribution in [3.05, 3.63) is 128 Å². The van der Waals surface area contributed by atoms with Gasteiger partial charge in [-0.25, -0.2) is 24.9 Å². The van der Waals surface area contributed by atoms with Gasteiger partial charge in [0.05, 0.1) is 11.4 Å². The van der Waals surface area contributed by atoms with Gasteiger partial charge in [0.15, 0.2) is 5.82 Å². The van der Waals surface area contributed by atoms with Crippen LogP contribution in [0.2, 0.25) is 0 Å². The Balaban J connectivity index is 1.36. The number of nitrogens with zero attached hydrogens (tertiary/aromatic N) is 5. The molecule has 0 bridgehead atoms. The Hall–Kier alpha value is -5.55. The van der Waals surface area contributed by atoms with Crippen LogP contribution in [0.5, 0.6) is 0 Å². The third kappa shape index (κ3) is 3.76. The van der Waals surface area contributed by atoms with Crippen molar-refractivity contribution in [2.24, 2.45) is 0 Å². The van der Waals surface area contributed by atoms with E-state index in [1.807, 2.05) is 0 Å². The van der Waals surface area contributed by atoms with Crippen molar-refractivity contribution in [3.8, 4) is 34.2 Å². The van der Waals surface area contributed by atoms with Gasteiger partial charge in [-0.3, -0.25) is 0 Å². The molecule has 0 aliphatic rings. The lowest BCUT2D eigenvalue weighted by molar-refractivity contribution is 1.02. The first-order chi connectivity index (χ1) is 19.8. The predicted octanol–water partition coefficient (Wildman–Crippen LogP) is 8.28. The molecule has 0 fully saturated rings. The van der Waals surface area contributed by atoms with Gasteiger partial charge in [-0.1, -0.05) is 97.1 Å². The quantitative estimate of drug-likeness (QED) is 0.223. The van der Waals surface area contributed by atoms with E-state index in [1.165, 1.54) is 55.7 Å². The average molecular weight is 512 g/mol. The Morgan fingerprint density at radius 2 is 0.825 bits per heavy atom. The highest BCUT2D eigenvalue weighted by Crippen LogP contribution is 2.34. The second kappa shape index (κ2) is 9.03. The largest absolute Gasteiger partial charge is 0.225 e. The smallest absolute Gasteiger partial charge is 0.200 e. The Kier molecular flexibility index (Phi) is 5.07. The maximum Gasteiger partial charge on any atom is 0.200 e. The molecule has 2 aromatic heterocycles. The van der Waals surface area contributed by atoms with E-state index in [9.17, 15) is 0 Å². The number of aromatic nitrogens is 5. The maximum atomic E-state index is 4.93. The molecule has 186 valence electrons. The van der Waals surface area contributed by atoms with Crippen molar-refractivity contribution >= 4 is 43.1 Å². The molecule has 0 spiro atoms. The summed E-state index contributed by atoms with van der Waals surface area (Å²) in [5, 5.41) is 9.62. The summed E-state index contributed by atoms with van der Waals surface area (Å²) in [6.07, 6.45) is 2.95. The Bertz CT molecular complexity index is 2090. The van der Waals surface area contributed by atoms with E-state index in [1.54, 1.807) is 0 Å². The fourth-order valence-electron chi connectivity index (χ4n) is 5.52. The molecule has 0 amide bonds. The van der Waals surface area contributed by atoms with Gasteiger partial charge < -0.3 is 0 Å². The standard InChI is InChI=1S/C35H21N5/c1-3-7-28-22(5-1)9-11-24-13-15-26(17-30(24)28)32-19-33(40-35(39-32)34-37-20-36-21-38-34)27-16-14-25-12-10-23-6-2-4-8-29(23)31(25)18-27/h1-21H. The highest BCUT2D eigenvalue weighted by Gasteiger charge is 2.14. The van der Waals surface area contributed by atoms with Gasteiger partial charge >= 0.3 is 0 Å². The first-order valence-corrected chi connectivity index (χ1v) is 13.2. The first-order valence-electron chi connectivity index (χ1n) is 13.2. The van der Waals surface area contributed by atoms with Crippen LogP contribution >= 0.6 is 0 Å². The minimum absolute atomic E-state index is 0.440. The normalized spacial score (nSPS) is 11.5. The van der Waals surface area contributed by atoms with Crippen LogP contribution in [0.1, 0.15) is 0 Å². The van der Waals surface area contributed by atoms with Gasteiger partial charge in [0, 0.05) is 11.1 Å². The molecular weight excluding hydrogens is 490 g/mol. The first kappa shape index (κ1) is 22.4. The van der Waals surface area contributed by atoms with Crippen LogP contribution in [0.4, 0.5) is 0 Å². The minimum atomic E-state index is 0.440. The van der Waals surface area contributed by atoms with E-state index in [-0.39, 0.29) is 0 Å². The molecule has 0 radical (unpaired) electrons. The van der Waals surface area contributed by atoms with Gasteiger partial charge in [0.2, 0.25) is 5.82 Å².